The molecule has 0 radical (unpaired) electrons. The Morgan fingerprint density at radius 2 is 1.79 bits per heavy atom. The lowest BCUT2D eigenvalue weighted by Crippen LogP contribution is -2.36. The lowest BCUT2D eigenvalue weighted by molar-refractivity contribution is -0.117. The van der Waals surface area contributed by atoms with Crippen molar-refractivity contribution >= 4 is 40.9 Å². The van der Waals surface area contributed by atoms with Crippen LogP contribution in [0.1, 0.15) is 56.6 Å². The number of nitrogens with one attached hydrogen (secondary N) is 1. The highest BCUT2D eigenvalue weighted by molar-refractivity contribution is 8.14. The van der Waals surface area contributed by atoms with Crippen LogP contribution in [0, 0.1) is 0 Å². The van der Waals surface area contributed by atoms with Gasteiger partial charge in [-0.15, -0.1) is 12.4 Å². The minimum absolute atomic E-state index is 0. The molecule has 8 heteroatoms. The van der Waals surface area contributed by atoms with Crippen molar-refractivity contribution in [2.45, 2.75) is 76.1 Å². The second-order valence-electron chi connectivity index (χ2n) is 7.76. The number of rotatable bonds is 6. The van der Waals surface area contributed by atoms with E-state index >= 15 is 0 Å². The topological polar surface area (TPSA) is 44.7 Å². The zero-order chi connectivity index (χ0) is 20.1. The van der Waals surface area contributed by atoms with Gasteiger partial charge >= 0.3 is 0 Å². The Hall–Kier alpha value is -1.34. The highest BCUT2D eigenvalue weighted by Crippen LogP contribution is 2.34. The van der Waals surface area contributed by atoms with Gasteiger partial charge in [-0.1, -0.05) is 44.0 Å². The maximum absolute atomic E-state index is 13.0. The van der Waals surface area contributed by atoms with Gasteiger partial charge in [0.25, 0.3) is 0 Å². The molecule has 1 heterocycles. The van der Waals surface area contributed by atoms with Gasteiger partial charge in [0.2, 0.25) is 5.91 Å². The van der Waals surface area contributed by atoms with Gasteiger partial charge < -0.3 is 10.2 Å². The Labute approximate surface area is 182 Å². The van der Waals surface area contributed by atoms with E-state index in [0.29, 0.717) is 29.3 Å². The summed E-state index contributed by atoms with van der Waals surface area (Å²) in [6.07, 6.45) is 6.42. The van der Waals surface area contributed by atoms with Crippen LogP contribution in [0.2, 0.25) is 0 Å². The number of alkyl halides is 2. The number of amidine groups is 1. The first-order valence-corrected chi connectivity index (χ1v) is 10.9. The summed E-state index contributed by atoms with van der Waals surface area (Å²) in [6.45, 7) is 0.751. The van der Waals surface area contributed by atoms with Gasteiger partial charge in [-0.05, 0) is 36.1 Å². The van der Waals surface area contributed by atoms with E-state index in [1.54, 1.807) is 23.9 Å². The van der Waals surface area contributed by atoms with Crippen LogP contribution in [-0.4, -0.2) is 40.4 Å². The molecule has 2 fully saturated rings. The van der Waals surface area contributed by atoms with E-state index in [1.165, 1.54) is 25.3 Å². The van der Waals surface area contributed by atoms with Crippen molar-refractivity contribution in [3.63, 3.8) is 0 Å². The summed E-state index contributed by atoms with van der Waals surface area (Å²) in [7, 11) is 2.00. The molecule has 0 bridgehead atoms. The lowest BCUT2D eigenvalue weighted by atomic mass is 9.96. The van der Waals surface area contributed by atoms with Gasteiger partial charge in [-0.3, -0.25) is 9.79 Å². The molecule has 1 saturated heterocycles. The average Bonchev–Trinajstić information content (AvgIpc) is 2.95. The summed E-state index contributed by atoms with van der Waals surface area (Å²) in [5.41, 5.74) is 1.19. The van der Waals surface area contributed by atoms with Crippen LogP contribution < -0.4 is 5.32 Å². The summed E-state index contributed by atoms with van der Waals surface area (Å²) in [5.74, 6) is -0.149. The molecule has 0 aromatic heterocycles. The molecule has 2 aliphatic rings. The molecule has 1 saturated carbocycles. The van der Waals surface area contributed by atoms with Crippen molar-refractivity contribution in [3.05, 3.63) is 29.3 Å². The summed E-state index contributed by atoms with van der Waals surface area (Å²) >= 11 is 1.73. The first-order valence-electron chi connectivity index (χ1n) is 10.0. The lowest BCUT2D eigenvalue weighted by Gasteiger charge is -2.24. The van der Waals surface area contributed by atoms with E-state index in [0.717, 1.165) is 18.0 Å². The minimum Gasteiger partial charge on any atom is -0.350 e. The number of thioether (sulfide) groups is 1. The normalized spacial score (nSPS) is 23.9. The third kappa shape index (κ3) is 6.32. The molecule has 1 aromatic rings. The molecule has 1 aromatic carbocycles. The predicted molar refractivity (Wildman–Crippen MR) is 119 cm³/mol. The fourth-order valence-corrected chi connectivity index (χ4v) is 5.25. The Kier molecular flexibility index (Phi) is 9.21. The van der Waals surface area contributed by atoms with Crippen molar-refractivity contribution in [1.82, 2.24) is 4.90 Å². The number of halogens is 3. The third-order valence-electron chi connectivity index (χ3n) is 5.54. The zero-order valence-electron chi connectivity index (χ0n) is 17.0. The summed E-state index contributed by atoms with van der Waals surface area (Å²) in [6, 6.07) is 5.05. The number of carbonyl (C=O) groups is 1. The number of benzene rings is 1. The van der Waals surface area contributed by atoms with Crippen LogP contribution >= 0.6 is 24.2 Å². The molecule has 2 atom stereocenters. The number of carbonyl (C=O) groups excluding carboxylic acids is 1. The molecular weight excluding hydrogens is 416 g/mol. The van der Waals surface area contributed by atoms with Gasteiger partial charge in [-0.25, -0.2) is 8.78 Å². The number of hydrogen-bond donors (Lipinski definition) is 1. The van der Waals surface area contributed by atoms with Crippen molar-refractivity contribution in [2.75, 3.05) is 12.4 Å². The number of nitrogens with zero attached hydrogens (tertiary/aromatic N) is 2. The molecular formula is C21H30ClF2N3OS. The molecule has 1 amide bonds. The highest BCUT2D eigenvalue weighted by Gasteiger charge is 2.36. The van der Waals surface area contributed by atoms with Crippen LogP contribution in [-0.2, 0) is 18.1 Å². The van der Waals surface area contributed by atoms with Gasteiger partial charge in [-0.2, -0.15) is 0 Å². The largest absolute Gasteiger partial charge is 0.350 e. The van der Waals surface area contributed by atoms with E-state index < -0.39 is 13.3 Å². The monoisotopic (exact) mass is 445 g/mol. The molecule has 0 spiro atoms. The number of anilines is 1. The second kappa shape index (κ2) is 11.2. The minimum atomic E-state index is -0.684. The summed E-state index contributed by atoms with van der Waals surface area (Å²) in [4.78, 5) is 19.6. The van der Waals surface area contributed by atoms with Gasteiger partial charge in [0.05, 0.1) is 12.1 Å². The van der Waals surface area contributed by atoms with Crippen LogP contribution in [0.25, 0.3) is 0 Å². The Balaban J connectivity index is 0.00000300. The van der Waals surface area contributed by atoms with Gasteiger partial charge in [0.15, 0.2) is 5.17 Å². The maximum Gasteiger partial charge on any atom is 0.226 e. The maximum atomic E-state index is 13.0. The van der Waals surface area contributed by atoms with E-state index in [1.807, 2.05) is 7.05 Å². The molecule has 162 valence electrons. The standard InChI is InChI=1S/C21H29F2N3OS.ClH/c1-14-19(26(2)21(28-14)25-17-6-4-3-5-7-17)11-20(27)24-18-9-15(12-22)8-16(10-18)13-23;/h8-10,14,17,19H,3-7,11-13H2,1-2H3,(H,24,27);1H/b25-21-;. The van der Waals surface area contributed by atoms with Crippen LogP contribution in [0.5, 0.6) is 0 Å². The van der Waals surface area contributed by atoms with E-state index in [-0.39, 0.29) is 29.6 Å². The van der Waals surface area contributed by atoms with E-state index in [2.05, 4.69) is 17.1 Å². The fourth-order valence-electron chi connectivity index (χ4n) is 3.97. The molecule has 1 aliphatic heterocycles. The molecule has 3 rings (SSSR count). The first kappa shape index (κ1) is 23.9. The van der Waals surface area contributed by atoms with Gasteiger partial charge in [0, 0.05) is 24.4 Å². The predicted octanol–water partition coefficient (Wildman–Crippen LogP) is 5.50. The zero-order valence-corrected chi connectivity index (χ0v) is 18.6. The molecule has 1 N–H and O–H groups in total. The smallest absolute Gasteiger partial charge is 0.226 e. The summed E-state index contributed by atoms with van der Waals surface area (Å²) < 4.78 is 25.9. The molecule has 4 nitrogen and oxygen atoms in total. The number of aliphatic imine (C=N–C) groups is 1. The first-order chi connectivity index (χ1) is 13.5. The van der Waals surface area contributed by atoms with E-state index in [9.17, 15) is 13.6 Å². The van der Waals surface area contributed by atoms with E-state index in [4.69, 9.17) is 4.99 Å². The summed E-state index contributed by atoms with van der Waals surface area (Å²) in [5, 5.41) is 4.09. The fraction of sp³-hybridized carbons (Fsp3) is 0.619. The average molecular weight is 446 g/mol. The van der Waals surface area contributed by atoms with Crippen LogP contribution in [0.15, 0.2) is 23.2 Å². The number of hydrogen-bond acceptors (Lipinski definition) is 3. The quantitative estimate of drug-likeness (QED) is 0.628. The molecule has 1 aliphatic carbocycles. The Morgan fingerprint density at radius 1 is 1.17 bits per heavy atom. The third-order valence-corrected chi connectivity index (χ3v) is 6.83. The number of amides is 1. The van der Waals surface area contributed by atoms with Gasteiger partial charge in [0.1, 0.15) is 13.3 Å². The SMILES string of the molecule is CC1S/C(=N\C2CCCCC2)N(C)C1CC(=O)Nc1cc(CF)cc(CF)c1.Cl. The second-order valence-corrected chi connectivity index (χ2v) is 9.11. The Morgan fingerprint density at radius 3 is 2.38 bits per heavy atom. The van der Waals surface area contributed by atoms with Crippen LogP contribution in [0.4, 0.5) is 14.5 Å². The molecule has 2 unspecified atom stereocenters. The Bertz CT molecular complexity index is 706. The van der Waals surface area contributed by atoms with Crippen molar-refractivity contribution in [3.8, 4) is 0 Å². The highest BCUT2D eigenvalue weighted by atomic mass is 35.5. The van der Waals surface area contributed by atoms with Crippen molar-refractivity contribution in [2.24, 2.45) is 4.99 Å². The molecule has 29 heavy (non-hydrogen) atoms. The van der Waals surface area contributed by atoms with Crippen molar-refractivity contribution in [1.29, 1.82) is 0 Å². The van der Waals surface area contributed by atoms with Crippen LogP contribution in [0.3, 0.4) is 0 Å². The van der Waals surface area contributed by atoms with Crippen molar-refractivity contribution < 1.29 is 13.6 Å².